The minimum Gasteiger partial charge on any atom is -0.497 e. The van der Waals surface area contributed by atoms with Gasteiger partial charge in [-0.05, 0) is 36.9 Å². The summed E-state index contributed by atoms with van der Waals surface area (Å²) in [5, 5.41) is 3.15. The van der Waals surface area contributed by atoms with Crippen molar-refractivity contribution in [3.63, 3.8) is 0 Å². The van der Waals surface area contributed by atoms with Gasteiger partial charge in [0.05, 0.1) is 28.9 Å². The second-order valence-corrected chi connectivity index (χ2v) is 7.18. The Morgan fingerprint density at radius 1 is 1.12 bits per heavy atom. The van der Waals surface area contributed by atoms with Crippen LogP contribution in [-0.4, -0.2) is 26.6 Å². The molecule has 0 unspecified atom stereocenters. The Bertz CT molecular complexity index is 1050. The first-order chi connectivity index (χ1) is 12.6. The number of rotatable bonds is 5. The predicted octanol–water partition coefficient (Wildman–Crippen LogP) is 4.19. The van der Waals surface area contributed by atoms with Gasteiger partial charge in [0.25, 0.3) is 0 Å². The maximum Gasteiger partial charge on any atom is 0.126 e. The molecular formula is C20H20N4OS. The minimum atomic E-state index is 0.778. The number of nitrogens with zero attached hydrogens (tertiary/aromatic N) is 4. The van der Waals surface area contributed by atoms with Gasteiger partial charge in [0.1, 0.15) is 17.4 Å². The van der Waals surface area contributed by atoms with Crippen LogP contribution in [0.4, 0.5) is 0 Å². The van der Waals surface area contributed by atoms with Crippen LogP contribution in [0.15, 0.2) is 41.9 Å². The molecule has 4 aromatic rings. The maximum atomic E-state index is 5.31. The normalized spacial score (nSPS) is 11.2. The van der Waals surface area contributed by atoms with Crippen molar-refractivity contribution in [3.8, 4) is 16.3 Å². The SMILES string of the molecule is COc1ccc2c(CCc3nc(-c4cccs4)cn3C)nc(C)nc2c1. The van der Waals surface area contributed by atoms with Crippen molar-refractivity contribution in [2.75, 3.05) is 7.11 Å². The molecule has 132 valence electrons. The van der Waals surface area contributed by atoms with Crippen molar-refractivity contribution in [2.45, 2.75) is 19.8 Å². The van der Waals surface area contributed by atoms with Crippen molar-refractivity contribution in [1.29, 1.82) is 0 Å². The number of benzene rings is 1. The number of hydrogen-bond acceptors (Lipinski definition) is 5. The van der Waals surface area contributed by atoms with Crippen LogP contribution in [0, 0.1) is 6.92 Å². The van der Waals surface area contributed by atoms with E-state index >= 15 is 0 Å². The summed E-state index contributed by atoms with van der Waals surface area (Å²) in [6, 6.07) is 10.1. The van der Waals surface area contributed by atoms with Crippen LogP contribution in [0.3, 0.4) is 0 Å². The number of aromatic nitrogens is 4. The molecule has 0 aliphatic carbocycles. The molecule has 5 nitrogen and oxygen atoms in total. The fourth-order valence-corrected chi connectivity index (χ4v) is 3.81. The van der Waals surface area contributed by atoms with Crippen LogP contribution in [0.5, 0.6) is 5.75 Å². The average Bonchev–Trinajstić information content (AvgIpc) is 3.28. The maximum absolute atomic E-state index is 5.31. The lowest BCUT2D eigenvalue weighted by Crippen LogP contribution is -2.04. The summed E-state index contributed by atoms with van der Waals surface area (Å²) >= 11 is 1.71. The Morgan fingerprint density at radius 3 is 2.77 bits per heavy atom. The first kappa shape index (κ1) is 16.7. The van der Waals surface area contributed by atoms with Crippen molar-refractivity contribution in [2.24, 2.45) is 7.05 Å². The molecule has 4 rings (SSSR count). The van der Waals surface area contributed by atoms with Gasteiger partial charge in [-0.3, -0.25) is 0 Å². The summed E-state index contributed by atoms with van der Waals surface area (Å²) < 4.78 is 7.42. The second kappa shape index (κ2) is 6.88. The van der Waals surface area contributed by atoms with Gasteiger partial charge in [0, 0.05) is 31.1 Å². The Balaban J connectivity index is 1.62. The Labute approximate surface area is 156 Å². The van der Waals surface area contributed by atoms with E-state index in [9.17, 15) is 0 Å². The fourth-order valence-electron chi connectivity index (χ4n) is 3.13. The quantitative estimate of drug-likeness (QED) is 0.533. The molecule has 1 aromatic carbocycles. The van der Waals surface area contributed by atoms with Crippen LogP contribution in [0.25, 0.3) is 21.5 Å². The van der Waals surface area contributed by atoms with Crippen molar-refractivity contribution >= 4 is 22.2 Å². The molecule has 0 aliphatic rings. The van der Waals surface area contributed by atoms with Crippen LogP contribution >= 0.6 is 11.3 Å². The fraction of sp³-hybridized carbons (Fsp3) is 0.250. The highest BCUT2D eigenvalue weighted by Crippen LogP contribution is 2.25. The van der Waals surface area contributed by atoms with Gasteiger partial charge in [-0.1, -0.05) is 6.07 Å². The van der Waals surface area contributed by atoms with Gasteiger partial charge in [0.2, 0.25) is 0 Å². The predicted molar refractivity (Wildman–Crippen MR) is 105 cm³/mol. The summed E-state index contributed by atoms with van der Waals surface area (Å²) in [7, 11) is 3.72. The highest BCUT2D eigenvalue weighted by atomic mass is 32.1. The molecule has 26 heavy (non-hydrogen) atoms. The molecule has 0 fully saturated rings. The average molecular weight is 364 g/mol. The Kier molecular flexibility index (Phi) is 4.42. The molecule has 6 heteroatoms. The Morgan fingerprint density at radius 2 is 2.00 bits per heavy atom. The topological polar surface area (TPSA) is 52.8 Å². The van der Waals surface area contributed by atoms with E-state index in [1.807, 2.05) is 32.2 Å². The number of thiophene rings is 1. The standard InChI is InChI=1S/C20H20N4OS/c1-13-21-16(15-7-6-14(25-3)11-17(15)22-13)8-9-20-23-18(12-24(20)2)19-5-4-10-26-19/h4-7,10-12H,8-9H2,1-3H3. The van der Waals surface area contributed by atoms with Gasteiger partial charge in [0.15, 0.2) is 0 Å². The zero-order chi connectivity index (χ0) is 18.1. The summed E-state index contributed by atoms with van der Waals surface area (Å²) in [6.45, 7) is 1.93. The molecule has 3 heterocycles. The summed E-state index contributed by atoms with van der Waals surface area (Å²) in [4.78, 5) is 15.2. The molecule has 0 amide bonds. The number of imidazole rings is 1. The molecule has 0 radical (unpaired) electrons. The third-order valence-corrected chi connectivity index (χ3v) is 5.32. The highest BCUT2D eigenvalue weighted by molar-refractivity contribution is 7.13. The van der Waals surface area contributed by atoms with Crippen LogP contribution in [0.2, 0.25) is 0 Å². The lowest BCUT2D eigenvalue weighted by Gasteiger charge is -2.08. The summed E-state index contributed by atoms with van der Waals surface area (Å²) in [6.07, 6.45) is 3.75. The lowest BCUT2D eigenvalue weighted by molar-refractivity contribution is 0.415. The number of aryl methyl sites for hydroxylation is 4. The smallest absolute Gasteiger partial charge is 0.126 e. The number of ether oxygens (including phenoxy) is 1. The van der Waals surface area contributed by atoms with Gasteiger partial charge >= 0.3 is 0 Å². The monoisotopic (exact) mass is 364 g/mol. The highest BCUT2D eigenvalue weighted by Gasteiger charge is 2.11. The molecule has 0 bridgehead atoms. The first-order valence-electron chi connectivity index (χ1n) is 8.51. The summed E-state index contributed by atoms with van der Waals surface area (Å²) in [5.41, 5.74) is 3.01. The van der Waals surface area contributed by atoms with E-state index in [0.717, 1.165) is 52.5 Å². The zero-order valence-electron chi connectivity index (χ0n) is 15.1. The van der Waals surface area contributed by atoms with Crippen LogP contribution < -0.4 is 4.74 Å². The molecule has 0 atom stereocenters. The van der Waals surface area contributed by atoms with E-state index < -0.39 is 0 Å². The molecule has 0 aliphatic heterocycles. The third-order valence-electron chi connectivity index (χ3n) is 4.43. The summed E-state index contributed by atoms with van der Waals surface area (Å²) in [5.74, 6) is 2.65. The van der Waals surface area contributed by atoms with E-state index in [-0.39, 0.29) is 0 Å². The van der Waals surface area contributed by atoms with Gasteiger partial charge < -0.3 is 9.30 Å². The second-order valence-electron chi connectivity index (χ2n) is 6.23. The molecule has 0 spiro atoms. The van der Waals surface area contributed by atoms with Gasteiger partial charge in [-0.25, -0.2) is 15.0 Å². The van der Waals surface area contributed by atoms with Gasteiger partial charge in [-0.2, -0.15) is 0 Å². The van der Waals surface area contributed by atoms with Crippen molar-refractivity contribution < 1.29 is 4.74 Å². The molecule has 0 N–H and O–H groups in total. The van der Waals surface area contributed by atoms with Crippen LogP contribution in [-0.2, 0) is 19.9 Å². The lowest BCUT2D eigenvalue weighted by atomic mass is 10.1. The van der Waals surface area contributed by atoms with E-state index in [1.54, 1.807) is 18.4 Å². The molecule has 3 aromatic heterocycles. The van der Waals surface area contributed by atoms with Crippen molar-refractivity contribution in [1.82, 2.24) is 19.5 Å². The minimum absolute atomic E-state index is 0.778. The van der Waals surface area contributed by atoms with Crippen molar-refractivity contribution in [3.05, 3.63) is 59.3 Å². The molecule has 0 saturated heterocycles. The van der Waals surface area contributed by atoms with Gasteiger partial charge in [-0.15, -0.1) is 11.3 Å². The number of hydrogen-bond donors (Lipinski definition) is 0. The van der Waals surface area contributed by atoms with E-state index in [2.05, 4.69) is 38.2 Å². The van der Waals surface area contributed by atoms with E-state index in [0.29, 0.717) is 0 Å². The van der Waals surface area contributed by atoms with E-state index in [4.69, 9.17) is 9.72 Å². The molecular weight excluding hydrogens is 344 g/mol. The largest absolute Gasteiger partial charge is 0.497 e. The molecule has 0 saturated carbocycles. The third kappa shape index (κ3) is 3.20. The number of fused-ring (bicyclic) bond motifs is 1. The Hall–Kier alpha value is -2.73. The zero-order valence-corrected chi connectivity index (χ0v) is 15.9. The van der Waals surface area contributed by atoms with Crippen LogP contribution in [0.1, 0.15) is 17.3 Å². The van der Waals surface area contributed by atoms with E-state index in [1.165, 1.54) is 4.88 Å². The number of methoxy groups -OCH3 is 1. The first-order valence-corrected chi connectivity index (χ1v) is 9.39.